The number of benzene rings is 2. The van der Waals surface area contributed by atoms with Crippen LogP contribution in [0.1, 0.15) is 33.3 Å². The van der Waals surface area contributed by atoms with Crippen molar-refractivity contribution in [1.29, 1.82) is 0 Å². The molecule has 0 radical (unpaired) electrons. The molecule has 3 rings (SSSR count). The lowest BCUT2D eigenvalue weighted by Gasteiger charge is -2.20. The molecule has 3 aromatic rings. The molecule has 0 fully saturated rings. The van der Waals surface area contributed by atoms with Gasteiger partial charge in [-0.25, -0.2) is 9.37 Å². The molecule has 0 saturated heterocycles. The number of anilines is 1. The van der Waals surface area contributed by atoms with E-state index in [1.54, 1.807) is 19.1 Å². The number of thiazole rings is 1. The van der Waals surface area contributed by atoms with Crippen LogP contribution in [0.15, 0.2) is 42.5 Å². The van der Waals surface area contributed by atoms with Gasteiger partial charge in [-0.05, 0) is 42.2 Å². The van der Waals surface area contributed by atoms with E-state index in [2.05, 4.69) is 31.1 Å². The maximum absolute atomic E-state index is 13.7. The number of para-hydroxylation sites is 1. The third kappa shape index (κ3) is 4.02. The van der Waals surface area contributed by atoms with Gasteiger partial charge in [0.25, 0.3) is 5.91 Å². The fraction of sp³-hybridized carbons (Fsp3) is 0.300. The second-order valence-corrected chi connectivity index (χ2v) is 8.16. The average molecular weight is 372 g/mol. The number of hydrogen-bond acceptors (Lipinski definition) is 4. The molecule has 1 amide bonds. The summed E-state index contributed by atoms with van der Waals surface area (Å²) in [5, 5.41) is 3.05. The van der Waals surface area contributed by atoms with Gasteiger partial charge in [0.05, 0.1) is 4.70 Å². The summed E-state index contributed by atoms with van der Waals surface area (Å²) in [5.41, 5.74) is 1.52. The molecule has 2 aromatic carbocycles. The van der Waals surface area contributed by atoms with Gasteiger partial charge >= 0.3 is 0 Å². The van der Waals surface area contributed by atoms with Gasteiger partial charge < -0.3 is 4.74 Å². The predicted octanol–water partition coefficient (Wildman–Crippen LogP) is 5.14. The lowest BCUT2D eigenvalue weighted by molar-refractivity contribution is -0.122. The molecule has 6 heteroatoms. The number of nitrogens with zero attached hydrogens (tertiary/aromatic N) is 1. The van der Waals surface area contributed by atoms with E-state index in [1.807, 2.05) is 24.3 Å². The van der Waals surface area contributed by atoms with Crippen LogP contribution in [0.2, 0.25) is 0 Å². The molecule has 0 aliphatic carbocycles. The number of ether oxygens (including phenoxy) is 1. The van der Waals surface area contributed by atoms with Gasteiger partial charge in [0.15, 0.2) is 11.2 Å². The Kier molecular flexibility index (Phi) is 4.96. The van der Waals surface area contributed by atoms with Gasteiger partial charge in [0.2, 0.25) is 0 Å². The van der Waals surface area contributed by atoms with E-state index in [4.69, 9.17) is 4.74 Å². The Morgan fingerprint density at radius 2 is 1.88 bits per heavy atom. The normalized spacial score (nSPS) is 12.8. The second kappa shape index (κ2) is 7.03. The van der Waals surface area contributed by atoms with Crippen molar-refractivity contribution in [2.24, 2.45) is 0 Å². The first-order valence-corrected chi connectivity index (χ1v) is 9.19. The molecular formula is C20H21FN2O2S. The van der Waals surface area contributed by atoms with E-state index < -0.39 is 11.9 Å². The summed E-state index contributed by atoms with van der Waals surface area (Å²) in [6.45, 7) is 8.08. The van der Waals surface area contributed by atoms with Crippen LogP contribution >= 0.6 is 11.3 Å². The van der Waals surface area contributed by atoms with Gasteiger partial charge in [-0.15, -0.1) is 0 Å². The van der Waals surface area contributed by atoms with Crippen molar-refractivity contribution in [2.45, 2.75) is 39.2 Å². The topological polar surface area (TPSA) is 51.2 Å². The second-order valence-electron chi connectivity index (χ2n) is 7.13. The molecule has 1 heterocycles. The number of amides is 1. The molecular weight excluding hydrogens is 351 g/mol. The predicted molar refractivity (Wildman–Crippen MR) is 103 cm³/mol. The smallest absolute Gasteiger partial charge is 0.266 e. The number of nitrogens with one attached hydrogen (secondary N) is 1. The van der Waals surface area contributed by atoms with E-state index in [9.17, 15) is 9.18 Å². The number of hydrogen-bond donors (Lipinski definition) is 1. The van der Waals surface area contributed by atoms with Crippen LogP contribution in [-0.4, -0.2) is 17.0 Å². The highest BCUT2D eigenvalue weighted by Gasteiger charge is 2.18. The summed E-state index contributed by atoms with van der Waals surface area (Å²) in [7, 11) is 0. The summed E-state index contributed by atoms with van der Waals surface area (Å²) >= 11 is 1.23. The zero-order valence-electron chi connectivity index (χ0n) is 15.2. The lowest BCUT2D eigenvalue weighted by Crippen LogP contribution is -2.30. The van der Waals surface area contributed by atoms with Crippen molar-refractivity contribution < 1.29 is 13.9 Å². The highest BCUT2D eigenvalue weighted by molar-refractivity contribution is 7.22. The molecule has 0 aliphatic rings. The van der Waals surface area contributed by atoms with E-state index in [0.29, 0.717) is 15.6 Å². The molecule has 0 aliphatic heterocycles. The summed E-state index contributed by atoms with van der Waals surface area (Å²) in [4.78, 5) is 16.5. The van der Waals surface area contributed by atoms with Crippen molar-refractivity contribution in [3.05, 3.63) is 53.8 Å². The number of carbonyl (C=O) groups is 1. The number of aromatic nitrogens is 1. The molecule has 26 heavy (non-hydrogen) atoms. The fourth-order valence-corrected chi connectivity index (χ4v) is 3.35. The van der Waals surface area contributed by atoms with Gasteiger partial charge in [-0.2, -0.15) is 0 Å². The van der Waals surface area contributed by atoms with E-state index >= 15 is 0 Å². The van der Waals surface area contributed by atoms with Gasteiger partial charge in [-0.3, -0.25) is 10.1 Å². The monoisotopic (exact) mass is 372 g/mol. The third-order valence-electron chi connectivity index (χ3n) is 4.00. The summed E-state index contributed by atoms with van der Waals surface area (Å²) in [6.07, 6.45) is -0.702. The van der Waals surface area contributed by atoms with Crippen LogP contribution in [0, 0.1) is 5.82 Å². The van der Waals surface area contributed by atoms with Crippen LogP contribution in [-0.2, 0) is 10.2 Å². The molecule has 0 saturated carbocycles. The molecule has 0 bridgehead atoms. The van der Waals surface area contributed by atoms with Crippen LogP contribution in [0.25, 0.3) is 10.2 Å². The summed E-state index contributed by atoms with van der Waals surface area (Å²) in [6, 6.07) is 12.4. The van der Waals surface area contributed by atoms with Crippen molar-refractivity contribution in [2.75, 3.05) is 5.32 Å². The maximum atomic E-state index is 13.7. The highest BCUT2D eigenvalue weighted by Crippen LogP contribution is 2.28. The van der Waals surface area contributed by atoms with Gasteiger partial charge in [0, 0.05) is 0 Å². The molecule has 1 N–H and O–H groups in total. The number of fused-ring (bicyclic) bond motifs is 1. The first-order chi connectivity index (χ1) is 12.2. The Morgan fingerprint density at radius 3 is 2.50 bits per heavy atom. The minimum atomic E-state index is -0.702. The van der Waals surface area contributed by atoms with E-state index in [-0.39, 0.29) is 16.8 Å². The zero-order chi connectivity index (χ0) is 18.9. The molecule has 1 unspecified atom stereocenters. The Labute approximate surface area is 156 Å². The van der Waals surface area contributed by atoms with Crippen LogP contribution < -0.4 is 10.1 Å². The summed E-state index contributed by atoms with van der Waals surface area (Å²) < 4.78 is 20.1. The third-order valence-corrected chi connectivity index (χ3v) is 4.94. The number of halogens is 1. The van der Waals surface area contributed by atoms with Gasteiger partial charge in [0.1, 0.15) is 17.1 Å². The first kappa shape index (κ1) is 18.3. The van der Waals surface area contributed by atoms with Crippen molar-refractivity contribution >= 4 is 32.6 Å². The highest BCUT2D eigenvalue weighted by atomic mass is 32.1. The molecule has 0 spiro atoms. The van der Waals surface area contributed by atoms with Crippen LogP contribution in [0.3, 0.4) is 0 Å². The lowest BCUT2D eigenvalue weighted by atomic mass is 9.87. The molecule has 1 atom stereocenters. The SMILES string of the molecule is CC(Oc1ccc(C(C)(C)C)cc1)C(=O)Nc1nc2c(F)cccc2s1. The van der Waals surface area contributed by atoms with Crippen molar-refractivity contribution in [3.63, 3.8) is 0 Å². The molecule has 136 valence electrons. The average Bonchev–Trinajstić information content (AvgIpc) is 2.98. The Hall–Kier alpha value is -2.47. The molecule has 4 nitrogen and oxygen atoms in total. The first-order valence-electron chi connectivity index (χ1n) is 8.37. The Morgan fingerprint density at radius 1 is 1.19 bits per heavy atom. The molecule has 1 aromatic heterocycles. The fourth-order valence-electron chi connectivity index (χ4n) is 2.47. The Balaban J connectivity index is 1.66. The number of rotatable bonds is 4. The van der Waals surface area contributed by atoms with Crippen molar-refractivity contribution in [1.82, 2.24) is 4.98 Å². The minimum Gasteiger partial charge on any atom is -0.481 e. The maximum Gasteiger partial charge on any atom is 0.266 e. The van der Waals surface area contributed by atoms with Gasteiger partial charge in [-0.1, -0.05) is 50.3 Å². The quantitative estimate of drug-likeness (QED) is 0.690. The van der Waals surface area contributed by atoms with E-state index in [1.165, 1.54) is 23.0 Å². The summed E-state index contributed by atoms with van der Waals surface area (Å²) in [5.74, 6) is -0.108. The van der Waals surface area contributed by atoms with E-state index in [0.717, 1.165) is 0 Å². The van der Waals surface area contributed by atoms with Crippen LogP contribution in [0.4, 0.5) is 9.52 Å². The largest absolute Gasteiger partial charge is 0.481 e. The van der Waals surface area contributed by atoms with Crippen molar-refractivity contribution in [3.8, 4) is 5.75 Å². The van der Waals surface area contributed by atoms with Crippen LogP contribution in [0.5, 0.6) is 5.75 Å². The zero-order valence-corrected chi connectivity index (χ0v) is 16.0. The minimum absolute atomic E-state index is 0.0592. The Bertz CT molecular complexity index is 929. The number of carbonyl (C=O) groups excluding carboxylic acids is 1. The standard InChI is InChI=1S/C20H21FN2O2S/c1-12(25-14-10-8-13(9-11-14)20(2,3)4)18(24)23-19-22-17-15(21)6-5-7-16(17)26-19/h5-12H,1-4H3,(H,22,23,24).